The summed E-state index contributed by atoms with van der Waals surface area (Å²) in [6.07, 6.45) is 105. The van der Waals surface area contributed by atoms with Crippen LogP contribution in [-0.2, 0) is 52.1 Å². The molecule has 11 heteroatoms. The zero-order chi connectivity index (χ0) is 68.4. The Labute approximate surface area is 631 Å². The molecule has 0 aliphatic carbocycles. The number of hydrogen-bond donors (Lipinski definition) is 0. The van der Waals surface area contributed by atoms with Crippen molar-refractivity contribution in [3.63, 3.8) is 0 Å². The fourth-order valence-electron chi connectivity index (χ4n) is 13.5. The Morgan fingerprint density at radius 3 is 0.421 bits per heavy atom. The Morgan fingerprint density at radius 1 is 0.189 bits per heavy atom. The van der Waals surface area contributed by atoms with Gasteiger partial charge in [-0.2, -0.15) is 0 Å². The van der Waals surface area contributed by atoms with Crippen LogP contribution in [-0.4, -0.2) is 24.7 Å². The topological polar surface area (TPSA) is 64.6 Å². The van der Waals surface area contributed by atoms with Gasteiger partial charge in [0.15, 0.2) is 0 Å². The molecule has 0 aromatic heterocycles. The molecule has 2 unspecified atom stereocenters. The fraction of sp³-hybridized carbons (Fsp3) is 1.00. The van der Waals surface area contributed by atoms with Gasteiger partial charge in [0.2, 0.25) is 0 Å². The summed E-state index contributed by atoms with van der Waals surface area (Å²) in [5.41, 5.74) is -5.76. The Kier molecular flexibility index (Phi) is 97.0. The fourth-order valence-corrected chi connectivity index (χ4v) is 20.3. The number of rotatable bonds is 84. The van der Waals surface area contributed by atoms with E-state index < -0.39 is 11.4 Å². The number of hydrogen-bond acceptors (Lipinski definition) is 8. The zero-order valence-corrected chi connectivity index (χ0v) is 73.5. The van der Waals surface area contributed by atoms with Gasteiger partial charge in [-0.3, -0.25) is 0 Å². The quantitative estimate of drug-likeness (QED) is 0.0339. The van der Waals surface area contributed by atoms with E-state index in [0.29, 0.717) is 13.2 Å². The Morgan fingerprint density at radius 2 is 0.295 bits per heavy atom. The third-order valence-corrected chi connectivity index (χ3v) is 28.7. The summed E-state index contributed by atoms with van der Waals surface area (Å²) in [5, 5.41) is 0. The van der Waals surface area contributed by atoms with Crippen molar-refractivity contribution in [2.45, 2.75) is 516 Å². The van der Waals surface area contributed by atoms with Crippen molar-refractivity contribution in [1.29, 1.82) is 0 Å². The molecule has 0 aliphatic heterocycles. The molecule has 0 fully saturated rings. The van der Waals surface area contributed by atoms with Gasteiger partial charge in [0.25, 0.3) is 0 Å². The van der Waals surface area contributed by atoms with Gasteiger partial charge >= 0.3 is 19.5 Å². The van der Waals surface area contributed by atoms with Gasteiger partial charge in [-0.1, -0.05) is 514 Å². The van der Waals surface area contributed by atoms with Crippen LogP contribution in [0.2, 0.25) is 0 Å². The van der Waals surface area contributed by atoms with Gasteiger partial charge in [0, 0.05) is 11.4 Å². The van der Waals surface area contributed by atoms with Crippen LogP contribution < -0.4 is 9.79 Å². The third kappa shape index (κ3) is 96.5. The standard InChI is InChI=1S/2C42H87O2PS2.Zn/c2*1-3-5-7-9-11-13-15-17-19-21-23-25-27-29-31-33-35-37-39-41-44-45(43,46)47-42-40-38-36-34-32-30-28-26-24-22-20-18-16-14-12-10-8-6-4-2;/h2*3-42H2,1-2H3,(H,43,46);/q;;+2/p-2. The minimum atomic E-state index is -2.88. The molecular weight excluding hydrogens is 1330 g/mol. The van der Waals surface area contributed by atoms with Crippen molar-refractivity contribution in [3.8, 4) is 0 Å². The van der Waals surface area contributed by atoms with E-state index in [9.17, 15) is 9.79 Å². The molecule has 0 N–H and O–H groups in total. The molecule has 2 atom stereocenters. The zero-order valence-electron chi connectivity index (χ0n) is 65.4. The maximum atomic E-state index is 12.6. The minimum absolute atomic E-state index is 0. The van der Waals surface area contributed by atoms with E-state index in [1.165, 1.54) is 485 Å². The minimum Gasteiger partial charge on any atom is -0.793 e. The van der Waals surface area contributed by atoms with E-state index >= 15 is 0 Å². The van der Waals surface area contributed by atoms with Crippen molar-refractivity contribution < 1.29 is 38.3 Å². The Balaban J connectivity index is -0.00000176. The summed E-state index contributed by atoms with van der Waals surface area (Å²) in [5.74, 6) is 1.78. The molecule has 0 aliphatic rings. The smallest absolute Gasteiger partial charge is 0.793 e. The molecule has 0 saturated heterocycles. The molecule has 0 saturated carbocycles. The van der Waals surface area contributed by atoms with Gasteiger partial charge in [0.1, 0.15) is 0 Å². The summed E-state index contributed by atoms with van der Waals surface area (Å²) in [4.78, 5) is 25.1. The molecule has 4 nitrogen and oxygen atoms in total. The van der Waals surface area contributed by atoms with Crippen LogP contribution in [0.3, 0.4) is 0 Å². The van der Waals surface area contributed by atoms with Crippen LogP contribution in [0.25, 0.3) is 0 Å². The van der Waals surface area contributed by atoms with Crippen molar-refractivity contribution in [1.82, 2.24) is 0 Å². The third-order valence-electron chi connectivity index (χ3n) is 20.0. The van der Waals surface area contributed by atoms with Crippen LogP contribution in [0, 0.1) is 0 Å². The van der Waals surface area contributed by atoms with Crippen molar-refractivity contribution >= 4 is 57.8 Å². The summed E-state index contributed by atoms with van der Waals surface area (Å²) in [6.45, 7) is 10.3. The molecule has 0 rings (SSSR count). The monoisotopic (exact) mass is 1500 g/mol. The van der Waals surface area contributed by atoms with E-state index in [1.807, 2.05) is 0 Å². The first-order chi connectivity index (χ1) is 46.2. The second-order valence-electron chi connectivity index (χ2n) is 29.7. The summed E-state index contributed by atoms with van der Waals surface area (Å²) in [6, 6.07) is 0. The molecule has 95 heavy (non-hydrogen) atoms. The molecule has 0 aromatic carbocycles. The molecule has 0 bridgehead atoms. The second kappa shape index (κ2) is 90.7. The normalized spacial score (nSPS) is 12.9. The van der Waals surface area contributed by atoms with Crippen LogP contribution in [0.1, 0.15) is 516 Å². The first kappa shape index (κ1) is 102. The Hall–Kier alpha value is 2.46. The van der Waals surface area contributed by atoms with Crippen molar-refractivity contribution in [3.05, 3.63) is 0 Å². The van der Waals surface area contributed by atoms with E-state index in [-0.39, 0.29) is 19.5 Å². The SMILES string of the molecule is CCCCCCCCCCCCCCCCCCCCCOP([O-])(=S)SCCCCCCCCCCCCCCCCCCCCC.CCCCCCCCCCCCCCCCCCCCCOP([O-])(=S)SCCCCCCCCCCCCCCCCCCCCC.[Zn+2]. The first-order valence-corrected chi connectivity index (χ1v) is 51.9. The van der Waals surface area contributed by atoms with Crippen LogP contribution in [0.5, 0.6) is 0 Å². The summed E-state index contributed by atoms with van der Waals surface area (Å²) >= 11 is 13.4. The predicted octanol–water partition coefficient (Wildman–Crippen LogP) is 32.4. The number of unbranched alkanes of at least 4 members (excludes halogenated alkanes) is 72. The van der Waals surface area contributed by atoms with E-state index in [1.54, 1.807) is 0 Å². The van der Waals surface area contributed by atoms with Gasteiger partial charge in [-0.15, -0.1) is 22.8 Å². The van der Waals surface area contributed by atoms with Gasteiger partial charge in [0.05, 0.1) is 13.2 Å². The molecular formula is C84H172O4P2S4Zn. The van der Waals surface area contributed by atoms with Crippen LogP contribution in [0.4, 0.5) is 0 Å². The maximum Gasteiger partial charge on any atom is 2.00 e. The first-order valence-electron chi connectivity index (χ1n) is 43.4. The molecule has 0 amide bonds. The molecule has 568 valence electrons. The predicted molar refractivity (Wildman–Crippen MR) is 439 cm³/mol. The maximum absolute atomic E-state index is 12.6. The Bertz CT molecular complexity index is 1250. The summed E-state index contributed by atoms with van der Waals surface area (Å²) in [7, 11) is 0. The largest absolute Gasteiger partial charge is 2.00 e. The van der Waals surface area contributed by atoms with Gasteiger partial charge in [-0.25, -0.2) is 0 Å². The van der Waals surface area contributed by atoms with Crippen molar-refractivity contribution in [2.75, 3.05) is 24.7 Å². The summed E-state index contributed by atoms with van der Waals surface area (Å²) < 4.78 is 11.3. The van der Waals surface area contributed by atoms with E-state index in [0.717, 1.165) is 37.2 Å². The van der Waals surface area contributed by atoms with Gasteiger partial charge < -0.3 is 18.8 Å². The van der Waals surface area contributed by atoms with Crippen LogP contribution in [0.15, 0.2) is 0 Å². The van der Waals surface area contributed by atoms with Crippen molar-refractivity contribution in [2.24, 2.45) is 0 Å². The van der Waals surface area contributed by atoms with E-state index in [4.69, 9.17) is 32.7 Å². The van der Waals surface area contributed by atoms with E-state index in [2.05, 4.69) is 27.7 Å². The molecule has 0 spiro atoms. The molecule has 0 aromatic rings. The molecule has 0 radical (unpaired) electrons. The van der Waals surface area contributed by atoms with Crippen LogP contribution >= 0.6 is 34.2 Å². The van der Waals surface area contributed by atoms with Gasteiger partial charge in [-0.05, 0) is 37.2 Å². The second-order valence-corrected chi connectivity index (χ2v) is 42.0. The average molecular weight is 1500 g/mol. The molecule has 0 heterocycles. The average Bonchev–Trinajstić information content (AvgIpc) is 2.59.